The molecule has 0 atom stereocenters. The summed E-state index contributed by atoms with van der Waals surface area (Å²) in [6.07, 6.45) is -0.0816. The Balaban J connectivity index is 2.57. The number of rotatable bonds is 5. The van der Waals surface area contributed by atoms with E-state index in [1.165, 1.54) is 21.7 Å². The van der Waals surface area contributed by atoms with Crippen LogP contribution in [0.15, 0.2) is 5.51 Å². The van der Waals surface area contributed by atoms with E-state index in [9.17, 15) is 9.59 Å². The molecule has 0 aliphatic carbocycles. The first kappa shape index (κ1) is 13.4. The van der Waals surface area contributed by atoms with Gasteiger partial charge < -0.3 is 10.0 Å². The second-order valence-corrected chi connectivity index (χ2v) is 4.44. The van der Waals surface area contributed by atoms with E-state index in [0.29, 0.717) is 5.13 Å². The molecule has 17 heavy (non-hydrogen) atoms. The lowest BCUT2D eigenvalue weighted by Gasteiger charge is -2.25. The van der Waals surface area contributed by atoms with Crippen LogP contribution in [-0.2, 0) is 4.79 Å². The van der Waals surface area contributed by atoms with Gasteiger partial charge >= 0.3 is 12.0 Å². The molecule has 1 rings (SSSR count). The van der Waals surface area contributed by atoms with Gasteiger partial charge in [0.15, 0.2) is 0 Å². The van der Waals surface area contributed by atoms with Crippen molar-refractivity contribution in [2.45, 2.75) is 26.3 Å². The highest BCUT2D eigenvalue weighted by Crippen LogP contribution is 2.10. The van der Waals surface area contributed by atoms with Crippen molar-refractivity contribution in [2.75, 3.05) is 11.9 Å². The smallest absolute Gasteiger partial charge is 0.323 e. The Hall–Kier alpha value is -1.70. The molecule has 94 valence electrons. The third-order valence-corrected chi connectivity index (χ3v) is 2.63. The molecule has 0 aromatic carbocycles. The lowest BCUT2D eigenvalue weighted by Crippen LogP contribution is -2.41. The normalized spacial score (nSPS) is 10.3. The average Bonchev–Trinajstić information content (AvgIpc) is 2.69. The van der Waals surface area contributed by atoms with Crippen LogP contribution in [0.5, 0.6) is 0 Å². The number of hydrogen-bond acceptors (Lipinski definition) is 5. The zero-order chi connectivity index (χ0) is 12.8. The van der Waals surface area contributed by atoms with E-state index < -0.39 is 5.97 Å². The number of carbonyl (C=O) groups is 2. The number of hydrogen-bond donors (Lipinski definition) is 2. The molecule has 0 aliphatic heterocycles. The fraction of sp³-hybridized carbons (Fsp3) is 0.556. The Morgan fingerprint density at radius 3 is 2.76 bits per heavy atom. The Labute approximate surface area is 102 Å². The van der Waals surface area contributed by atoms with Crippen LogP contribution < -0.4 is 5.32 Å². The molecule has 0 saturated carbocycles. The van der Waals surface area contributed by atoms with Crippen LogP contribution in [0.25, 0.3) is 0 Å². The molecule has 0 unspecified atom stereocenters. The average molecular weight is 258 g/mol. The van der Waals surface area contributed by atoms with Crippen molar-refractivity contribution in [1.82, 2.24) is 15.1 Å². The molecule has 2 amide bonds. The molecule has 1 aromatic rings. The maximum atomic E-state index is 11.8. The summed E-state index contributed by atoms with van der Waals surface area (Å²) in [5.74, 6) is -0.931. The molecule has 0 fully saturated rings. The van der Waals surface area contributed by atoms with Crippen molar-refractivity contribution >= 4 is 28.5 Å². The minimum atomic E-state index is -0.931. The summed E-state index contributed by atoms with van der Waals surface area (Å²) in [6, 6.07) is -0.444. The van der Waals surface area contributed by atoms with Crippen molar-refractivity contribution in [3.63, 3.8) is 0 Å². The Kier molecular flexibility index (Phi) is 4.83. The molecule has 8 heteroatoms. The lowest BCUT2D eigenvalue weighted by atomic mass is 10.3. The van der Waals surface area contributed by atoms with Crippen molar-refractivity contribution in [3.05, 3.63) is 5.51 Å². The number of nitrogens with one attached hydrogen (secondary N) is 1. The van der Waals surface area contributed by atoms with E-state index in [2.05, 4.69) is 15.5 Å². The molecule has 0 aliphatic rings. The second kappa shape index (κ2) is 6.14. The summed E-state index contributed by atoms with van der Waals surface area (Å²) >= 11 is 1.21. The van der Waals surface area contributed by atoms with Gasteiger partial charge in [0.05, 0.1) is 6.42 Å². The number of carboxylic acid groups (broad SMARTS) is 1. The van der Waals surface area contributed by atoms with Gasteiger partial charge in [0.25, 0.3) is 0 Å². The number of aliphatic carboxylic acids is 1. The molecule has 0 bridgehead atoms. The summed E-state index contributed by atoms with van der Waals surface area (Å²) in [5, 5.41) is 18.9. The first-order chi connectivity index (χ1) is 8.00. The third kappa shape index (κ3) is 4.35. The van der Waals surface area contributed by atoms with E-state index >= 15 is 0 Å². The lowest BCUT2D eigenvalue weighted by molar-refractivity contribution is -0.137. The Bertz CT molecular complexity index is 380. The van der Waals surface area contributed by atoms with Gasteiger partial charge in [-0.05, 0) is 13.8 Å². The number of nitrogens with zero attached hydrogens (tertiary/aromatic N) is 3. The van der Waals surface area contributed by atoms with Crippen LogP contribution in [0.1, 0.15) is 20.3 Å². The standard InChI is InChI=1S/C9H14N4O3S/c1-6(2)13(4-3-7(14)15)9(16)11-8-12-10-5-17-8/h5-6H,3-4H2,1-2H3,(H,14,15)(H,11,12,16). The van der Waals surface area contributed by atoms with Gasteiger partial charge in [-0.3, -0.25) is 10.1 Å². The quantitative estimate of drug-likeness (QED) is 0.828. The van der Waals surface area contributed by atoms with Crippen LogP contribution in [0, 0.1) is 0 Å². The Morgan fingerprint density at radius 2 is 2.29 bits per heavy atom. The molecular formula is C9H14N4O3S. The monoisotopic (exact) mass is 258 g/mol. The fourth-order valence-electron chi connectivity index (χ4n) is 1.20. The predicted octanol–water partition coefficient (Wildman–Crippen LogP) is 1.26. The Morgan fingerprint density at radius 1 is 1.59 bits per heavy atom. The third-order valence-electron chi connectivity index (χ3n) is 2.02. The van der Waals surface area contributed by atoms with Crippen LogP contribution >= 0.6 is 11.3 Å². The number of anilines is 1. The van der Waals surface area contributed by atoms with E-state index in [4.69, 9.17) is 5.11 Å². The topological polar surface area (TPSA) is 95.4 Å². The zero-order valence-electron chi connectivity index (χ0n) is 9.58. The summed E-state index contributed by atoms with van der Waals surface area (Å²) < 4.78 is 0. The minimum Gasteiger partial charge on any atom is -0.481 e. The van der Waals surface area contributed by atoms with Gasteiger partial charge in [-0.15, -0.1) is 10.2 Å². The van der Waals surface area contributed by atoms with Crippen LogP contribution in [-0.4, -0.2) is 44.8 Å². The minimum absolute atomic E-state index is 0.0812. The highest BCUT2D eigenvalue weighted by atomic mass is 32.1. The van der Waals surface area contributed by atoms with Crippen molar-refractivity contribution in [2.24, 2.45) is 0 Å². The maximum absolute atomic E-state index is 11.8. The first-order valence-electron chi connectivity index (χ1n) is 5.06. The summed E-state index contributed by atoms with van der Waals surface area (Å²) in [7, 11) is 0. The van der Waals surface area contributed by atoms with Gasteiger partial charge in [-0.2, -0.15) is 0 Å². The SMILES string of the molecule is CC(C)N(CCC(=O)O)C(=O)Nc1nncs1. The molecular weight excluding hydrogens is 244 g/mol. The molecule has 7 nitrogen and oxygen atoms in total. The first-order valence-corrected chi connectivity index (χ1v) is 5.94. The number of aromatic nitrogens is 2. The fourth-order valence-corrected chi connectivity index (χ4v) is 1.64. The van der Waals surface area contributed by atoms with E-state index in [0.717, 1.165) is 0 Å². The summed E-state index contributed by atoms with van der Waals surface area (Å²) in [6.45, 7) is 3.81. The van der Waals surface area contributed by atoms with E-state index in [1.807, 2.05) is 13.8 Å². The molecule has 2 N–H and O–H groups in total. The van der Waals surface area contributed by atoms with E-state index in [1.54, 1.807) is 0 Å². The van der Waals surface area contributed by atoms with Gasteiger partial charge in [-0.1, -0.05) is 11.3 Å². The highest BCUT2D eigenvalue weighted by molar-refractivity contribution is 7.13. The van der Waals surface area contributed by atoms with Gasteiger partial charge in [0, 0.05) is 12.6 Å². The molecule has 0 saturated heterocycles. The number of carboxylic acids is 1. The number of carbonyl (C=O) groups excluding carboxylic acids is 1. The van der Waals surface area contributed by atoms with Crippen LogP contribution in [0.2, 0.25) is 0 Å². The van der Waals surface area contributed by atoms with Crippen molar-refractivity contribution in [3.8, 4) is 0 Å². The van der Waals surface area contributed by atoms with Crippen molar-refractivity contribution in [1.29, 1.82) is 0 Å². The number of urea groups is 1. The van der Waals surface area contributed by atoms with Gasteiger partial charge in [0.1, 0.15) is 5.51 Å². The van der Waals surface area contributed by atoms with Crippen LogP contribution in [0.3, 0.4) is 0 Å². The molecule has 1 heterocycles. The second-order valence-electron chi connectivity index (χ2n) is 3.60. The molecule has 1 aromatic heterocycles. The maximum Gasteiger partial charge on any atom is 0.323 e. The summed E-state index contributed by atoms with van der Waals surface area (Å²) in [4.78, 5) is 23.8. The molecule has 0 radical (unpaired) electrons. The highest BCUT2D eigenvalue weighted by Gasteiger charge is 2.18. The predicted molar refractivity (Wildman–Crippen MR) is 63.0 cm³/mol. The van der Waals surface area contributed by atoms with Gasteiger partial charge in [0.2, 0.25) is 5.13 Å². The van der Waals surface area contributed by atoms with Crippen molar-refractivity contribution < 1.29 is 14.7 Å². The summed E-state index contributed by atoms with van der Waals surface area (Å²) in [5.41, 5.74) is 1.51. The van der Waals surface area contributed by atoms with Crippen LogP contribution in [0.4, 0.5) is 9.93 Å². The molecule has 0 spiro atoms. The van der Waals surface area contributed by atoms with E-state index in [-0.39, 0.29) is 25.0 Å². The van der Waals surface area contributed by atoms with Gasteiger partial charge in [-0.25, -0.2) is 4.79 Å². The number of amides is 2. The largest absolute Gasteiger partial charge is 0.481 e. The zero-order valence-corrected chi connectivity index (χ0v) is 10.4.